The SMILES string of the molecule is NC=C(C=NC1CCN(C(=O)c2ccccc2)CC1)c1cnc(N)c(-c2nc(-c3ccccc3)no2)c1. The van der Waals surface area contributed by atoms with Gasteiger partial charge in [-0.05, 0) is 31.0 Å². The lowest BCUT2D eigenvalue weighted by atomic mass is 10.0. The average Bonchev–Trinajstić information content (AvgIpc) is 3.45. The number of hydrogen-bond donors (Lipinski definition) is 2. The lowest BCUT2D eigenvalue weighted by Gasteiger charge is -2.30. The van der Waals surface area contributed by atoms with Gasteiger partial charge in [-0.15, -0.1) is 0 Å². The Morgan fingerprint density at radius 2 is 1.73 bits per heavy atom. The van der Waals surface area contributed by atoms with E-state index in [1.54, 1.807) is 12.4 Å². The van der Waals surface area contributed by atoms with Gasteiger partial charge in [0.1, 0.15) is 5.82 Å². The zero-order chi connectivity index (χ0) is 25.6. The van der Waals surface area contributed by atoms with Crippen LogP contribution in [0.5, 0.6) is 0 Å². The minimum absolute atomic E-state index is 0.0579. The third kappa shape index (κ3) is 5.40. The van der Waals surface area contributed by atoms with Gasteiger partial charge in [-0.3, -0.25) is 9.79 Å². The molecule has 0 atom stereocenters. The third-order valence-corrected chi connectivity index (χ3v) is 6.32. The van der Waals surface area contributed by atoms with Gasteiger partial charge in [-0.25, -0.2) is 4.98 Å². The molecule has 0 radical (unpaired) electrons. The molecule has 4 N–H and O–H groups in total. The summed E-state index contributed by atoms with van der Waals surface area (Å²) in [6, 6.07) is 20.8. The molecule has 0 aliphatic carbocycles. The largest absolute Gasteiger partial charge is 0.404 e. The molecule has 5 rings (SSSR count). The summed E-state index contributed by atoms with van der Waals surface area (Å²) >= 11 is 0. The first-order valence-electron chi connectivity index (χ1n) is 12.1. The number of carbonyl (C=O) groups is 1. The number of pyridine rings is 1. The fourth-order valence-corrected chi connectivity index (χ4v) is 4.22. The van der Waals surface area contributed by atoms with E-state index in [-0.39, 0.29) is 23.7 Å². The van der Waals surface area contributed by atoms with Crippen LogP contribution in [-0.2, 0) is 0 Å². The Morgan fingerprint density at radius 1 is 1.03 bits per heavy atom. The molecule has 37 heavy (non-hydrogen) atoms. The van der Waals surface area contributed by atoms with Gasteiger partial charge < -0.3 is 20.9 Å². The van der Waals surface area contributed by atoms with Crippen LogP contribution in [-0.4, -0.2) is 51.3 Å². The van der Waals surface area contributed by atoms with Crippen LogP contribution in [0.2, 0.25) is 0 Å². The number of hydrogen-bond acceptors (Lipinski definition) is 8. The highest BCUT2D eigenvalue weighted by Gasteiger charge is 2.23. The van der Waals surface area contributed by atoms with Crippen LogP contribution in [0.15, 0.2) is 88.6 Å². The molecule has 1 aliphatic heterocycles. The van der Waals surface area contributed by atoms with Crippen LogP contribution in [0, 0.1) is 0 Å². The summed E-state index contributed by atoms with van der Waals surface area (Å²) in [6.07, 6.45) is 6.43. The van der Waals surface area contributed by atoms with Crippen LogP contribution < -0.4 is 11.5 Å². The number of rotatable bonds is 6. The van der Waals surface area contributed by atoms with Crippen molar-refractivity contribution < 1.29 is 9.32 Å². The van der Waals surface area contributed by atoms with Crippen LogP contribution in [0.3, 0.4) is 0 Å². The van der Waals surface area contributed by atoms with E-state index in [0.29, 0.717) is 35.6 Å². The lowest BCUT2D eigenvalue weighted by molar-refractivity contribution is 0.0715. The number of benzene rings is 2. The fraction of sp³-hybridized carbons (Fsp3) is 0.179. The number of carbonyl (C=O) groups excluding carboxylic acids is 1. The second kappa shape index (κ2) is 10.9. The Labute approximate surface area is 214 Å². The van der Waals surface area contributed by atoms with Crippen molar-refractivity contribution in [2.75, 3.05) is 18.8 Å². The summed E-state index contributed by atoms with van der Waals surface area (Å²) in [4.78, 5) is 28.1. The standard InChI is InChI=1S/C28H27N7O2/c29-16-22(18-31-23-11-13-35(14-12-23)28(36)20-9-5-2-6-10-20)21-15-24(25(30)32-17-21)27-33-26(34-37-27)19-7-3-1-4-8-19/h1-10,15-18,23H,11-14,29H2,(H2,30,32). The van der Waals surface area contributed by atoms with Gasteiger partial charge in [0.2, 0.25) is 5.82 Å². The second-order valence-corrected chi connectivity index (χ2v) is 8.74. The van der Waals surface area contributed by atoms with Crippen molar-refractivity contribution in [3.05, 3.63) is 90.3 Å². The van der Waals surface area contributed by atoms with Crippen molar-refractivity contribution in [3.63, 3.8) is 0 Å². The number of anilines is 1. The summed E-state index contributed by atoms with van der Waals surface area (Å²) in [5.74, 6) is 1.07. The molecular formula is C28H27N7O2. The number of likely N-dealkylation sites (tertiary alicyclic amines) is 1. The van der Waals surface area contributed by atoms with Crippen LogP contribution >= 0.6 is 0 Å². The zero-order valence-corrected chi connectivity index (χ0v) is 20.2. The molecule has 0 bridgehead atoms. The Kier molecular flexibility index (Phi) is 7.02. The Morgan fingerprint density at radius 3 is 2.43 bits per heavy atom. The van der Waals surface area contributed by atoms with Gasteiger partial charge in [-0.2, -0.15) is 4.98 Å². The molecule has 0 unspecified atom stereocenters. The van der Waals surface area contributed by atoms with Gasteiger partial charge in [0.25, 0.3) is 11.8 Å². The molecule has 1 aliphatic rings. The Balaban J connectivity index is 1.27. The maximum atomic E-state index is 12.7. The topological polar surface area (TPSA) is 137 Å². The predicted octanol–water partition coefficient (Wildman–Crippen LogP) is 4.06. The molecule has 2 aromatic carbocycles. The minimum Gasteiger partial charge on any atom is -0.404 e. The molecule has 0 spiro atoms. The normalized spacial score (nSPS) is 14.8. The zero-order valence-electron chi connectivity index (χ0n) is 20.2. The highest BCUT2D eigenvalue weighted by atomic mass is 16.5. The number of nitrogens with zero attached hydrogens (tertiary/aromatic N) is 5. The van der Waals surface area contributed by atoms with Gasteiger partial charge in [0, 0.05) is 54.0 Å². The second-order valence-electron chi connectivity index (χ2n) is 8.74. The molecule has 9 nitrogen and oxygen atoms in total. The smallest absolute Gasteiger partial charge is 0.262 e. The minimum atomic E-state index is 0.0579. The Hall–Kier alpha value is -4.79. The Bertz CT molecular complexity index is 1420. The van der Waals surface area contributed by atoms with Crippen molar-refractivity contribution in [1.82, 2.24) is 20.0 Å². The maximum Gasteiger partial charge on any atom is 0.262 e. The van der Waals surface area contributed by atoms with Gasteiger partial charge in [0.05, 0.1) is 11.6 Å². The number of amides is 1. The third-order valence-electron chi connectivity index (χ3n) is 6.32. The number of aliphatic imine (C=N–C) groups is 1. The van der Waals surface area contributed by atoms with E-state index in [4.69, 9.17) is 21.0 Å². The summed E-state index contributed by atoms with van der Waals surface area (Å²) in [6.45, 7) is 1.32. The van der Waals surface area contributed by atoms with E-state index in [9.17, 15) is 4.79 Å². The van der Waals surface area contributed by atoms with E-state index >= 15 is 0 Å². The molecule has 1 fully saturated rings. The molecule has 186 valence electrons. The first-order valence-corrected chi connectivity index (χ1v) is 12.1. The van der Waals surface area contributed by atoms with E-state index < -0.39 is 0 Å². The maximum absolute atomic E-state index is 12.7. The fourth-order valence-electron chi connectivity index (χ4n) is 4.22. The van der Waals surface area contributed by atoms with E-state index in [0.717, 1.165) is 24.0 Å². The number of piperidine rings is 1. The molecule has 3 heterocycles. The molecule has 1 amide bonds. The van der Waals surface area contributed by atoms with E-state index in [1.165, 1.54) is 6.20 Å². The average molecular weight is 494 g/mol. The van der Waals surface area contributed by atoms with Gasteiger partial charge in [0.15, 0.2) is 0 Å². The quantitative estimate of drug-likeness (QED) is 0.387. The van der Waals surface area contributed by atoms with Crippen molar-refractivity contribution >= 4 is 23.5 Å². The van der Waals surface area contributed by atoms with Crippen LogP contribution in [0.1, 0.15) is 28.8 Å². The highest BCUT2D eigenvalue weighted by molar-refractivity contribution is 6.10. The molecule has 2 aromatic heterocycles. The number of aromatic nitrogens is 3. The molecule has 1 saturated heterocycles. The summed E-state index contributed by atoms with van der Waals surface area (Å²) in [5, 5.41) is 4.07. The monoisotopic (exact) mass is 493 g/mol. The molecule has 4 aromatic rings. The highest BCUT2D eigenvalue weighted by Crippen LogP contribution is 2.28. The van der Waals surface area contributed by atoms with Crippen molar-refractivity contribution in [3.8, 4) is 22.8 Å². The van der Waals surface area contributed by atoms with Gasteiger partial charge >= 0.3 is 0 Å². The van der Waals surface area contributed by atoms with E-state index in [2.05, 4.69) is 15.1 Å². The number of nitrogens with two attached hydrogens (primary N) is 2. The lowest BCUT2D eigenvalue weighted by Crippen LogP contribution is -2.39. The number of nitrogen functional groups attached to an aromatic ring is 1. The van der Waals surface area contributed by atoms with Crippen molar-refractivity contribution in [2.24, 2.45) is 10.7 Å². The van der Waals surface area contributed by atoms with Crippen molar-refractivity contribution in [2.45, 2.75) is 18.9 Å². The summed E-state index contributed by atoms with van der Waals surface area (Å²) < 4.78 is 5.47. The molecule has 9 heteroatoms. The molecular weight excluding hydrogens is 466 g/mol. The van der Waals surface area contributed by atoms with Crippen LogP contribution in [0.4, 0.5) is 5.82 Å². The first-order chi connectivity index (χ1) is 18.1. The van der Waals surface area contributed by atoms with Crippen LogP contribution in [0.25, 0.3) is 28.4 Å². The van der Waals surface area contributed by atoms with E-state index in [1.807, 2.05) is 71.6 Å². The summed E-state index contributed by atoms with van der Waals surface area (Å²) in [7, 11) is 0. The van der Waals surface area contributed by atoms with Crippen molar-refractivity contribution in [1.29, 1.82) is 0 Å². The summed E-state index contributed by atoms with van der Waals surface area (Å²) in [5.41, 5.74) is 15.6. The molecule has 0 saturated carbocycles. The van der Waals surface area contributed by atoms with Gasteiger partial charge in [-0.1, -0.05) is 53.7 Å². The predicted molar refractivity (Wildman–Crippen MR) is 143 cm³/mol. The first kappa shape index (κ1) is 23.9. The number of allylic oxidation sites excluding steroid dienone is 1.